The summed E-state index contributed by atoms with van der Waals surface area (Å²) in [6, 6.07) is 17.4. The second-order valence-electron chi connectivity index (χ2n) is 8.21. The van der Waals surface area contributed by atoms with Crippen molar-refractivity contribution >= 4 is 5.91 Å². The van der Waals surface area contributed by atoms with Crippen LogP contribution in [0.1, 0.15) is 24.6 Å². The van der Waals surface area contributed by atoms with Gasteiger partial charge in [0.05, 0.1) is 18.5 Å². The number of para-hydroxylation sites is 1. The fourth-order valence-electron chi connectivity index (χ4n) is 4.13. The maximum Gasteiger partial charge on any atom is 0.226 e. The first-order valence-electron chi connectivity index (χ1n) is 11.5. The topological polar surface area (TPSA) is 59.8 Å². The van der Waals surface area contributed by atoms with E-state index in [1.807, 2.05) is 71.1 Å². The number of carbonyl (C=O) groups is 1. The highest BCUT2D eigenvalue weighted by Crippen LogP contribution is 2.32. The maximum atomic E-state index is 12.9. The summed E-state index contributed by atoms with van der Waals surface area (Å²) < 4.78 is 13.4. The van der Waals surface area contributed by atoms with Crippen LogP contribution in [0.25, 0.3) is 5.69 Å². The van der Waals surface area contributed by atoms with Crippen molar-refractivity contribution in [1.29, 1.82) is 0 Å². The summed E-state index contributed by atoms with van der Waals surface area (Å²) >= 11 is 0. The molecule has 0 N–H and O–H groups in total. The normalized spacial score (nSPS) is 14.3. The van der Waals surface area contributed by atoms with E-state index < -0.39 is 0 Å². The van der Waals surface area contributed by atoms with Gasteiger partial charge < -0.3 is 19.3 Å². The summed E-state index contributed by atoms with van der Waals surface area (Å²) in [5.74, 6) is 2.35. The molecule has 7 nitrogen and oxygen atoms in total. The molecule has 1 amide bonds. The molecule has 0 atom stereocenters. The van der Waals surface area contributed by atoms with Crippen LogP contribution < -0.4 is 9.47 Å². The maximum absolute atomic E-state index is 12.9. The van der Waals surface area contributed by atoms with E-state index in [-0.39, 0.29) is 5.91 Å². The SMILES string of the molecule is CCN1CCN(C(=O)CCc2c(C)nn(-c3ccc(OC)cc3)c2Oc2ccccc2)CC1. The predicted octanol–water partition coefficient (Wildman–Crippen LogP) is 4.08. The zero-order valence-electron chi connectivity index (χ0n) is 19.7. The first-order chi connectivity index (χ1) is 16.1. The van der Waals surface area contributed by atoms with Crippen LogP contribution in [-0.2, 0) is 11.2 Å². The van der Waals surface area contributed by atoms with Crippen LogP contribution in [0.15, 0.2) is 54.6 Å². The number of amides is 1. The van der Waals surface area contributed by atoms with E-state index in [4.69, 9.17) is 14.6 Å². The van der Waals surface area contributed by atoms with Crippen LogP contribution in [0, 0.1) is 6.92 Å². The molecule has 2 heterocycles. The van der Waals surface area contributed by atoms with Crippen LogP contribution in [0.5, 0.6) is 17.4 Å². The summed E-state index contributed by atoms with van der Waals surface area (Å²) in [7, 11) is 1.65. The summed E-state index contributed by atoms with van der Waals surface area (Å²) in [6.45, 7) is 8.64. The number of rotatable bonds is 8. The Kier molecular flexibility index (Phi) is 7.29. The number of piperazine rings is 1. The molecule has 0 bridgehead atoms. The Hall–Kier alpha value is -3.32. The van der Waals surface area contributed by atoms with Crippen molar-refractivity contribution in [1.82, 2.24) is 19.6 Å². The molecular weight excluding hydrogens is 416 g/mol. The number of nitrogens with zero attached hydrogens (tertiary/aromatic N) is 4. The van der Waals surface area contributed by atoms with Gasteiger partial charge in [0.1, 0.15) is 11.5 Å². The molecule has 3 aromatic rings. The largest absolute Gasteiger partial charge is 0.497 e. The van der Waals surface area contributed by atoms with Gasteiger partial charge in [0.2, 0.25) is 11.8 Å². The quantitative estimate of drug-likeness (QED) is 0.520. The Morgan fingerprint density at radius 1 is 0.970 bits per heavy atom. The van der Waals surface area contributed by atoms with Gasteiger partial charge in [-0.25, -0.2) is 4.68 Å². The Balaban J connectivity index is 1.57. The van der Waals surface area contributed by atoms with Crippen molar-refractivity contribution in [2.75, 3.05) is 39.8 Å². The van der Waals surface area contributed by atoms with E-state index in [0.29, 0.717) is 18.7 Å². The lowest BCUT2D eigenvalue weighted by Crippen LogP contribution is -2.48. The summed E-state index contributed by atoms with van der Waals surface area (Å²) in [5, 5.41) is 4.76. The molecule has 0 saturated carbocycles. The number of aromatic nitrogens is 2. The number of methoxy groups -OCH3 is 1. The van der Waals surface area contributed by atoms with Crippen LogP contribution in [0.3, 0.4) is 0 Å². The summed E-state index contributed by atoms with van der Waals surface area (Å²) in [6.07, 6.45) is 1.02. The minimum atomic E-state index is 0.188. The van der Waals surface area contributed by atoms with E-state index in [1.54, 1.807) is 7.11 Å². The van der Waals surface area contributed by atoms with Crippen LogP contribution in [0.2, 0.25) is 0 Å². The molecule has 33 heavy (non-hydrogen) atoms. The first kappa shape index (κ1) is 22.9. The van der Waals surface area contributed by atoms with Crippen molar-refractivity contribution in [2.24, 2.45) is 0 Å². The van der Waals surface area contributed by atoms with Gasteiger partial charge in [-0.3, -0.25) is 4.79 Å². The van der Waals surface area contributed by atoms with Crippen molar-refractivity contribution in [3.63, 3.8) is 0 Å². The fourth-order valence-corrected chi connectivity index (χ4v) is 4.13. The second-order valence-corrected chi connectivity index (χ2v) is 8.21. The molecule has 0 spiro atoms. The van der Waals surface area contributed by atoms with Crippen LogP contribution in [-0.4, -0.2) is 65.3 Å². The minimum absolute atomic E-state index is 0.188. The van der Waals surface area contributed by atoms with Gasteiger partial charge in [-0.2, -0.15) is 5.10 Å². The smallest absolute Gasteiger partial charge is 0.226 e. The van der Waals surface area contributed by atoms with E-state index in [9.17, 15) is 4.79 Å². The lowest BCUT2D eigenvalue weighted by Gasteiger charge is -2.34. The van der Waals surface area contributed by atoms with E-state index in [0.717, 1.165) is 61.2 Å². The van der Waals surface area contributed by atoms with Gasteiger partial charge in [0.15, 0.2) is 0 Å². The number of ether oxygens (including phenoxy) is 2. The van der Waals surface area contributed by atoms with Crippen molar-refractivity contribution in [3.05, 3.63) is 65.9 Å². The van der Waals surface area contributed by atoms with Gasteiger partial charge in [0, 0.05) is 38.2 Å². The molecule has 1 aromatic heterocycles. The second kappa shape index (κ2) is 10.5. The van der Waals surface area contributed by atoms with Gasteiger partial charge in [0.25, 0.3) is 0 Å². The van der Waals surface area contributed by atoms with Crippen molar-refractivity contribution < 1.29 is 14.3 Å². The van der Waals surface area contributed by atoms with Crippen LogP contribution in [0.4, 0.5) is 0 Å². The molecule has 174 valence electrons. The number of likely N-dealkylation sites (N-methyl/N-ethyl adjacent to an activating group) is 1. The number of hydrogen-bond donors (Lipinski definition) is 0. The van der Waals surface area contributed by atoms with Gasteiger partial charge >= 0.3 is 0 Å². The number of aryl methyl sites for hydroxylation is 1. The molecule has 2 aromatic carbocycles. The molecule has 0 aliphatic carbocycles. The monoisotopic (exact) mass is 448 g/mol. The first-order valence-corrected chi connectivity index (χ1v) is 11.5. The summed E-state index contributed by atoms with van der Waals surface area (Å²) in [4.78, 5) is 17.3. The highest BCUT2D eigenvalue weighted by atomic mass is 16.5. The lowest BCUT2D eigenvalue weighted by molar-refractivity contribution is -0.132. The molecular formula is C26H32N4O3. The standard InChI is InChI=1S/C26H32N4O3/c1-4-28-16-18-29(19-17-28)25(31)15-14-24-20(2)27-30(21-10-12-22(32-3)13-11-21)26(24)33-23-8-6-5-7-9-23/h5-13H,4,14-19H2,1-3H3. The third-order valence-electron chi connectivity index (χ3n) is 6.17. The zero-order valence-corrected chi connectivity index (χ0v) is 19.7. The molecule has 0 radical (unpaired) electrons. The Bertz CT molecular complexity index is 1060. The third-order valence-corrected chi connectivity index (χ3v) is 6.17. The highest BCUT2D eigenvalue weighted by molar-refractivity contribution is 5.76. The molecule has 1 aliphatic rings. The number of carbonyl (C=O) groups excluding carboxylic acids is 1. The molecule has 0 unspecified atom stereocenters. The van der Waals surface area contributed by atoms with Crippen molar-refractivity contribution in [2.45, 2.75) is 26.7 Å². The highest BCUT2D eigenvalue weighted by Gasteiger charge is 2.23. The van der Waals surface area contributed by atoms with E-state index in [1.165, 1.54) is 0 Å². The predicted molar refractivity (Wildman–Crippen MR) is 128 cm³/mol. The molecule has 1 aliphatic heterocycles. The van der Waals surface area contributed by atoms with E-state index in [2.05, 4.69) is 11.8 Å². The molecule has 4 rings (SSSR count). The average molecular weight is 449 g/mol. The van der Waals surface area contributed by atoms with Crippen LogP contribution >= 0.6 is 0 Å². The molecule has 1 saturated heterocycles. The Morgan fingerprint density at radius 2 is 1.67 bits per heavy atom. The lowest BCUT2D eigenvalue weighted by atomic mass is 10.1. The van der Waals surface area contributed by atoms with Gasteiger partial charge in [-0.1, -0.05) is 25.1 Å². The Morgan fingerprint density at radius 3 is 2.30 bits per heavy atom. The Labute approximate surface area is 195 Å². The van der Waals surface area contributed by atoms with E-state index >= 15 is 0 Å². The number of hydrogen-bond acceptors (Lipinski definition) is 5. The average Bonchev–Trinajstić information content (AvgIpc) is 3.17. The van der Waals surface area contributed by atoms with Gasteiger partial charge in [-0.05, 0) is 56.3 Å². The fraction of sp³-hybridized carbons (Fsp3) is 0.385. The van der Waals surface area contributed by atoms with Gasteiger partial charge in [-0.15, -0.1) is 0 Å². The molecule has 1 fully saturated rings. The minimum Gasteiger partial charge on any atom is -0.497 e. The zero-order chi connectivity index (χ0) is 23.2. The number of benzene rings is 2. The molecule has 7 heteroatoms. The third kappa shape index (κ3) is 5.37. The van der Waals surface area contributed by atoms with Crippen molar-refractivity contribution in [3.8, 4) is 23.1 Å². The summed E-state index contributed by atoms with van der Waals surface area (Å²) in [5.41, 5.74) is 2.69.